The molecule has 0 unspecified atom stereocenters. The van der Waals surface area contributed by atoms with Crippen LogP contribution in [0.15, 0.2) is 36.7 Å². The van der Waals surface area contributed by atoms with Crippen LogP contribution >= 0.6 is 0 Å². The van der Waals surface area contributed by atoms with Gasteiger partial charge in [0.2, 0.25) is 0 Å². The zero-order valence-electron chi connectivity index (χ0n) is 10.1. The molecule has 0 aliphatic rings. The normalized spacial score (nSPS) is 10.2. The molecule has 17 heavy (non-hydrogen) atoms. The fraction of sp³-hybridized carbons (Fsp3) is 0.214. The molecular weight excluding hydrogens is 212 g/mol. The second-order valence-electron chi connectivity index (χ2n) is 3.91. The van der Waals surface area contributed by atoms with Crippen LogP contribution in [-0.4, -0.2) is 11.6 Å². The first-order valence-corrected chi connectivity index (χ1v) is 5.65. The monoisotopic (exact) mass is 228 g/mol. The lowest BCUT2D eigenvalue weighted by Gasteiger charge is -2.07. The predicted molar refractivity (Wildman–Crippen MR) is 70.0 cm³/mol. The number of benzene rings is 1. The van der Waals surface area contributed by atoms with E-state index >= 15 is 0 Å². The van der Waals surface area contributed by atoms with Crippen molar-refractivity contribution >= 4 is 5.69 Å². The highest BCUT2D eigenvalue weighted by molar-refractivity contribution is 5.67. The first-order chi connectivity index (χ1) is 8.20. The molecule has 88 valence electrons. The number of hydrogen-bond acceptors (Lipinski definition) is 3. The maximum atomic E-state index is 5.80. The van der Waals surface area contributed by atoms with E-state index in [9.17, 15) is 0 Å². The van der Waals surface area contributed by atoms with Crippen molar-refractivity contribution in [1.29, 1.82) is 0 Å². The summed E-state index contributed by atoms with van der Waals surface area (Å²) in [5, 5.41) is 0. The molecule has 0 radical (unpaired) electrons. The fourth-order valence-electron chi connectivity index (χ4n) is 1.68. The molecular formula is C14H16N2O. The Morgan fingerprint density at radius 1 is 1.18 bits per heavy atom. The van der Waals surface area contributed by atoms with Gasteiger partial charge < -0.3 is 10.5 Å². The predicted octanol–water partition coefficient (Wildman–Crippen LogP) is 3.04. The Balaban J connectivity index is 2.38. The van der Waals surface area contributed by atoms with Crippen molar-refractivity contribution < 1.29 is 4.74 Å². The summed E-state index contributed by atoms with van der Waals surface area (Å²) in [4.78, 5) is 4.18. The van der Waals surface area contributed by atoms with Gasteiger partial charge in [-0.1, -0.05) is 6.07 Å². The Labute approximate surface area is 101 Å². The van der Waals surface area contributed by atoms with Gasteiger partial charge in [-0.05, 0) is 43.2 Å². The number of nitrogens with zero attached hydrogens (tertiary/aromatic N) is 1. The number of nitrogen functional groups attached to an aromatic ring is 1. The average Bonchev–Trinajstić information content (AvgIpc) is 2.33. The lowest BCUT2D eigenvalue weighted by Crippen LogP contribution is -1.93. The number of rotatable bonds is 3. The minimum absolute atomic E-state index is 0.645. The van der Waals surface area contributed by atoms with Crippen LogP contribution < -0.4 is 10.5 Å². The van der Waals surface area contributed by atoms with Gasteiger partial charge in [0.15, 0.2) is 0 Å². The van der Waals surface area contributed by atoms with Gasteiger partial charge in [0.05, 0.1) is 12.8 Å². The Bertz CT molecular complexity index is 523. The third-order valence-corrected chi connectivity index (χ3v) is 2.63. The Hall–Kier alpha value is -2.03. The molecule has 2 N–H and O–H groups in total. The van der Waals surface area contributed by atoms with Crippen molar-refractivity contribution in [3.8, 4) is 16.9 Å². The number of pyridine rings is 1. The first-order valence-electron chi connectivity index (χ1n) is 5.65. The number of ether oxygens (including phenoxy) is 1. The SMILES string of the molecule is CCOc1cncc(-c2ccc(N)c(C)c2)c1. The molecule has 1 aromatic heterocycles. The van der Waals surface area contributed by atoms with Gasteiger partial charge in [-0.25, -0.2) is 0 Å². The summed E-state index contributed by atoms with van der Waals surface area (Å²) in [7, 11) is 0. The number of anilines is 1. The smallest absolute Gasteiger partial charge is 0.138 e. The van der Waals surface area contributed by atoms with Crippen LogP contribution in [0.25, 0.3) is 11.1 Å². The molecule has 0 saturated carbocycles. The molecule has 0 saturated heterocycles. The van der Waals surface area contributed by atoms with Crippen molar-refractivity contribution in [3.63, 3.8) is 0 Å². The highest BCUT2D eigenvalue weighted by atomic mass is 16.5. The molecule has 0 amide bonds. The van der Waals surface area contributed by atoms with Crippen LogP contribution in [0, 0.1) is 6.92 Å². The molecule has 3 heteroatoms. The van der Waals surface area contributed by atoms with Crippen molar-refractivity contribution in [2.75, 3.05) is 12.3 Å². The van der Waals surface area contributed by atoms with Crippen molar-refractivity contribution in [1.82, 2.24) is 4.98 Å². The highest BCUT2D eigenvalue weighted by Crippen LogP contribution is 2.25. The number of hydrogen-bond donors (Lipinski definition) is 1. The molecule has 0 aliphatic heterocycles. The summed E-state index contributed by atoms with van der Waals surface area (Å²) >= 11 is 0. The van der Waals surface area contributed by atoms with Crippen LogP contribution in [0.3, 0.4) is 0 Å². The molecule has 1 aromatic carbocycles. The van der Waals surface area contributed by atoms with Gasteiger partial charge in [0.1, 0.15) is 5.75 Å². The van der Waals surface area contributed by atoms with E-state index in [1.165, 1.54) is 0 Å². The van der Waals surface area contributed by atoms with E-state index < -0.39 is 0 Å². The zero-order chi connectivity index (χ0) is 12.3. The van der Waals surface area contributed by atoms with E-state index in [2.05, 4.69) is 11.1 Å². The minimum Gasteiger partial charge on any atom is -0.492 e. The summed E-state index contributed by atoms with van der Waals surface area (Å²) in [6.07, 6.45) is 3.55. The maximum absolute atomic E-state index is 5.80. The van der Waals surface area contributed by atoms with E-state index in [1.54, 1.807) is 6.20 Å². The molecule has 2 rings (SSSR count). The lowest BCUT2D eigenvalue weighted by molar-refractivity contribution is 0.339. The summed E-state index contributed by atoms with van der Waals surface area (Å²) in [6.45, 7) is 4.60. The van der Waals surface area contributed by atoms with Crippen molar-refractivity contribution in [3.05, 3.63) is 42.2 Å². The average molecular weight is 228 g/mol. The zero-order valence-corrected chi connectivity index (χ0v) is 10.1. The molecule has 2 aromatic rings. The van der Waals surface area contributed by atoms with Crippen molar-refractivity contribution in [2.24, 2.45) is 0 Å². The maximum Gasteiger partial charge on any atom is 0.138 e. The van der Waals surface area contributed by atoms with Gasteiger partial charge in [-0.3, -0.25) is 4.98 Å². The molecule has 0 spiro atoms. The largest absolute Gasteiger partial charge is 0.492 e. The quantitative estimate of drug-likeness (QED) is 0.821. The number of nitrogens with two attached hydrogens (primary N) is 1. The number of aryl methyl sites for hydroxylation is 1. The molecule has 0 aliphatic carbocycles. The third-order valence-electron chi connectivity index (χ3n) is 2.63. The molecule has 3 nitrogen and oxygen atoms in total. The summed E-state index contributed by atoms with van der Waals surface area (Å²) in [5.74, 6) is 0.791. The Kier molecular flexibility index (Phi) is 3.28. The van der Waals surface area contributed by atoms with E-state index in [-0.39, 0.29) is 0 Å². The van der Waals surface area contributed by atoms with Gasteiger partial charge in [-0.2, -0.15) is 0 Å². The molecule has 0 fully saturated rings. The van der Waals surface area contributed by atoms with E-state index in [1.807, 2.05) is 38.2 Å². The van der Waals surface area contributed by atoms with Crippen molar-refractivity contribution in [2.45, 2.75) is 13.8 Å². The molecule has 1 heterocycles. The second-order valence-corrected chi connectivity index (χ2v) is 3.91. The van der Waals surface area contributed by atoms with Crippen LogP contribution in [0.4, 0.5) is 5.69 Å². The second kappa shape index (κ2) is 4.87. The minimum atomic E-state index is 0.645. The summed E-state index contributed by atoms with van der Waals surface area (Å²) in [5.41, 5.74) is 9.83. The van der Waals surface area contributed by atoms with Crippen LogP contribution in [0.2, 0.25) is 0 Å². The fourth-order valence-corrected chi connectivity index (χ4v) is 1.68. The van der Waals surface area contributed by atoms with Gasteiger partial charge in [0.25, 0.3) is 0 Å². The first kappa shape index (κ1) is 11.5. The number of aromatic nitrogens is 1. The highest BCUT2D eigenvalue weighted by Gasteiger charge is 2.02. The third kappa shape index (κ3) is 2.56. The standard InChI is InChI=1S/C14H16N2O/c1-3-17-13-7-12(8-16-9-13)11-4-5-14(15)10(2)6-11/h4-9H,3,15H2,1-2H3. The topological polar surface area (TPSA) is 48.1 Å². The lowest BCUT2D eigenvalue weighted by atomic mass is 10.0. The molecule has 0 bridgehead atoms. The van der Waals surface area contributed by atoms with Gasteiger partial charge >= 0.3 is 0 Å². The molecule has 0 atom stereocenters. The van der Waals surface area contributed by atoms with E-state index in [0.29, 0.717) is 6.61 Å². The Morgan fingerprint density at radius 2 is 2.00 bits per heavy atom. The van der Waals surface area contributed by atoms with Crippen LogP contribution in [-0.2, 0) is 0 Å². The van der Waals surface area contributed by atoms with Crippen LogP contribution in [0.1, 0.15) is 12.5 Å². The van der Waals surface area contributed by atoms with E-state index in [4.69, 9.17) is 10.5 Å². The summed E-state index contributed by atoms with van der Waals surface area (Å²) in [6, 6.07) is 7.95. The van der Waals surface area contributed by atoms with Gasteiger partial charge in [0, 0.05) is 17.4 Å². The Morgan fingerprint density at radius 3 is 2.71 bits per heavy atom. The van der Waals surface area contributed by atoms with Gasteiger partial charge in [-0.15, -0.1) is 0 Å². The van der Waals surface area contributed by atoms with E-state index in [0.717, 1.165) is 28.1 Å². The summed E-state index contributed by atoms with van der Waals surface area (Å²) < 4.78 is 5.43. The van der Waals surface area contributed by atoms with Crippen LogP contribution in [0.5, 0.6) is 5.75 Å².